The van der Waals surface area contributed by atoms with Gasteiger partial charge in [0.25, 0.3) is 0 Å². The Morgan fingerprint density at radius 3 is 2.50 bits per heavy atom. The van der Waals surface area contributed by atoms with Gasteiger partial charge in [-0.2, -0.15) is 25.8 Å². The van der Waals surface area contributed by atoms with Crippen LogP contribution in [0.25, 0.3) is 0 Å². The number of hydrogen-bond donors (Lipinski definition) is 4. The van der Waals surface area contributed by atoms with Gasteiger partial charge in [-0.1, -0.05) is 0 Å². The van der Waals surface area contributed by atoms with Crippen molar-refractivity contribution in [2.24, 2.45) is 0 Å². The second-order valence-corrected chi connectivity index (χ2v) is 4.17. The van der Waals surface area contributed by atoms with Crippen molar-refractivity contribution in [3.05, 3.63) is 23.4 Å². The van der Waals surface area contributed by atoms with E-state index >= 15 is 0 Å². The van der Waals surface area contributed by atoms with Crippen LogP contribution in [0, 0.1) is 0 Å². The Kier molecular flexibility index (Phi) is 4.83. The molecule has 0 aliphatic heterocycles. The first-order chi connectivity index (χ1) is 8.27. The highest BCUT2D eigenvalue weighted by Crippen LogP contribution is 2.32. The predicted octanol–water partition coefficient (Wildman–Crippen LogP) is 1.40. The minimum atomic E-state index is -4.58. The Morgan fingerprint density at radius 1 is 1.39 bits per heavy atom. The molecule has 0 aliphatic rings. The fraction of sp³-hybridized carbons (Fsp3) is 0.500. The molecule has 0 spiro atoms. The minimum Gasteiger partial charge on any atom is -0.390 e. The van der Waals surface area contributed by atoms with E-state index in [1.165, 1.54) is 0 Å². The lowest BCUT2D eigenvalue weighted by atomic mass is 10.0. The van der Waals surface area contributed by atoms with Crippen LogP contribution in [0.5, 0.6) is 0 Å². The van der Waals surface area contributed by atoms with E-state index in [9.17, 15) is 23.4 Å². The Morgan fingerprint density at radius 2 is 2.00 bits per heavy atom. The molecule has 0 aliphatic carbocycles. The largest absolute Gasteiger partial charge is 0.417 e. The number of alkyl halides is 3. The van der Waals surface area contributed by atoms with Crippen molar-refractivity contribution in [1.82, 2.24) is 4.98 Å². The summed E-state index contributed by atoms with van der Waals surface area (Å²) in [4.78, 5) is 3.38. The van der Waals surface area contributed by atoms with Gasteiger partial charge in [0.1, 0.15) is 11.9 Å². The van der Waals surface area contributed by atoms with Gasteiger partial charge in [0.15, 0.2) is 0 Å². The van der Waals surface area contributed by atoms with Gasteiger partial charge < -0.3 is 15.9 Å². The summed E-state index contributed by atoms with van der Waals surface area (Å²) in [7, 11) is 0. The molecule has 102 valence electrons. The number of pyridine rings is 1. The molecular weight excluding hydrogens is 269 g/mol. The number of aromatic nitrogens is 1. The Labute approximate surface area is 107 Å². The molecule has 2 atom stereocenters. The van der Waals surface area contributed by atoms with E-state index in [-0.39, 0.29) is 23.6 Å². The zero-order chi connectivity index (χ0) is 13.9. The van der Waals surface area contributed by atoms with Crippen LogP contribution in [-0.2, 0) is 6.18 Å². The number of nitrogen functional groups attached to an aromatic ring is 1. The lowest BCUT2D eigenvalue weighted by Crippen LogP contribution is -2.21. The number of halogens is 3. The number of anilines is 1. The third kappa shape index (κ3) is 3.50. The van der Waals surface area contributed by atoms with Gasteiger partial charge in [-0.25, -0.2) is 4.98 Å². The van der Waals surface area contributed by atoms with Crippen LogP contribution in [0.3, 0.4) is 0 Å². The van der Waals surface area contributed by atoms with E-state index in [4.69, 9.17) is 5.73 Å². The molecular formula is C10H13F3N2O2S. The number of aliphatic hydroxyl groups excluding tert-OH is 2. The fourth-order valence-corrected chi connectivity index (χ4v) is 1.65. The van der Waals surface area contributed by atoms with Gasteiger partial charge in [0.05, 0.1) is 11.7 Å². The molecule has 0 aromatic carbocycles. The number of nitrogens with zero attached hydrogens (tertiary/aromatic N) is 1. The van der Waals surface area contributed by atoms with Crippen LogP contribution in [-0.4, -0.2) is 27.1 Å². The average Bonchev–Trinajstić information content (AvgIpc) is 2.27. The number of nitrogens with two attached hydrogens (primary N) is 1. The summed E-state index contributed by atoms with van der Waals surface area (Å²) in [6, 6.07) is 0.689. The van der Waals surface area contributed by atoms with Crippen molar-refractivity contribution in [2.75, 3.05) is 11.5 Å². The molecule has 1 rings (SSSR count). The zero-order valence-corrected chi connectivity index (χ0v) is 10.1. The number of hydrogen-bond acceptors (Lipinski definition) is 5. The third-order valence-corrected chi connectivity index (χ3v) is 2.64. The van der Waals surface area contributed by atoms with Crippen LogP contribution in [0.15, 0.2) is 12.3 Å². The van der Waals surface area contributed by atoms with Crippen LogP contribution in [0.2, 0.25) is 0 Å². The van der Waals surface area contributed by atoms with Crippen LogP contribution >= 0.6 is 12.6 Å². The van der Waals surface area contributed by atoms with Crippen LogP contribution in [0.4, 0.5) is 19.0 Å². The highest BCUT2D eigenvalue weighted by molar-refractivity contribution is 7.80. The molecule has 1 aromatic rings. The summed E-state index contributed by atoms with van der Waals surface area (Å²) in [6.45, 7) is 0. The lowest BCUT2D eigenvalue weighted by Gasteiger charge is -2.19. The number of aliphatic hydroxyl groups is 2. The number of rotatable bonds is 4. The van der Waals surface area contributed by atoms with Gasteiger partial charge in [-0.05, 0) is 18.2 Å². The molecule has 4 nitrogen and oxygen atoms in total. The average molecular weight is 282 g/mol. The quantitative estimate of drug-likeness (QED) is 0.629. The molecule has 1 aromatic heterocycles. The summed E-state index contributed by atoms with van der Waals surface area (Å²) in [5.41, 5.74) is 4.14. The van der Waals surface area contributed by atoms with Crippen molar-refractivity contribution >= 4 is 18.4 Å². The van der Waals surface area contributed by atoms with Crippen molar-refractivity contribution in [3.63, 3.8) is 0 Å². The normalized spacial score (nSPS) is 15.4. The first kappa shape index (κ1) is 15.1. The van der Waals surface area contributed by atoms with Crippen molar-refractivity contribution < 1.29 is 23.4 Å². The highest BCUT2D eigenvalue weighted by atomic mass is 32.1. The van der Waals surface area contributed by atoms with Gasteiger partial charge in [-0.3, -0.25) is 0 Å². The molecule has 0 radical (unpaired) electrons. The van der Waals surface area contributed by atoms with Crippen molar-refractivity contribution in [3.8, 4) is 0 Å². The van der Waals surface area contributed by atoms with Gasteiger partial charge in [0, 0.05) is 11.8 Å². The molecule has 1 heterocycles. The standard InChI is InChI=1S/C10H13F3N2O2S/c11-10(12,13)5-3-6(9(14)15-4-5)8(17)7(16)1-2-18/h3-4,7-8,16-18H,1-2H2,(H2,14,15). The summed E-state index contributed by atoms with van der Waals surface area (Å²) in [5.74, 6) is 0.0403. The molecule has 18 heavy (non-hydrogen) atoms. The molecule has 0 bridgehead atoms. The van der Waals surface area contributed by atoms with E-state index in [2.05, 4.69) is 17.6 Å². The molecule has 0 fully saturated rings. The Bertz CT molecular complexity index is 415. The van der Waals surface area contributed by atoms with Gasteiger partial charge in [0.2, 0.25) is 0 Å². The molecule has 4 N–H and O–H groups in total. The monoisotopic (exact) mass is 282 g/mol. The summed E-state index contributed by atoms with van der Waals surface area (Å²) in [6.07, 6.45) is -6.64. The third-order valence-electron chi connectivity index (χ3n) is 2.38. The summed E-state index contributed by atoms with van der Waals surface area (Å²) < 4.78 is 37.4. The van der Waals surface area contributed by atoms with Crippen LogP contribution in [0.1, 0.15) is 23.7 Å². The van der Waals surface area contributed by atoms with Gasteiger partial charge >= 0.3 is 6.18 Å². The van der Waals surface area contributed by atoms with E-state index in [1.807, 2.05) is 0 Å². The van der Waals surface area contributed by atoms with E-state index in [1.54, 1.807) is 0 Å². The maximum absolute atomic E-state index is 12.5. The van der Waals surface area contributed by atoms with Crippen LogP contribution < -0.4 is 5.73 Å². The summed E-state index contributed by atoms with van der Waals surface area (Å²) in [5, 5.41) is 19.2. The maximum Gasteiger partial charge on any atom is 0.417 e. The van der Waals surface area contributed by atoms with E-state index in [0.717, 1.165) is 0 Å². The Balaban J connectivity index is 3.08. The first-order valence-electron chi connectivity index (χ1n) is 5.07. The van der Waals surface area contributed by atoms with E-state index in [0.29, 0.717) is 12.3 Å². The van der Waals surface area contributed by atoms with E-state index < -0.39 is 23.9 Å². The van der Waals surface area contributed by atoms with Crippen molar-refractivity contribution in [2.45, 2.75) is 24.8 Å². The van der Waals surface area contributed by atoms with Crippen molar-refractivity contribution in [1.29, 1.82) is 0 Å². The van der Waals surface area contributed by atoms with Gasteiger partial charge in [-0.15, -0.1) is 0 Å². The first-order valence-corrected chi connectivity index (χ1v) is 5.70. The predicted molar refractivity (Wildman–Crippen MR) is 63.1 cm³/mol. The maximum atomic E-state index is 12.5. The topological polar surface area (TPSA) is 79.4 Å². The summed E-state index contributed by atoms with van der Waals surface area (Å²) >= 11 is 3.86. The molecule has 0 saturated heterocycles. The second kappa shape index (κ2) is 5.77. The lowest BCUT2D eigenvalue weighted by molar-refractivity contribution is -0.138. The molecule has 8 heteroatoms. The minimum absolute atomic E-state index is 0.125. The second-order valence-electron chi connectivity index (χ2n) is 3.72. The highest BCUT2D eigenvalue weighted by Gasteiger charge is 2.33. The molecule has 0 saturated carbocycles. The zero-order valence-electron chi connectivity index (χ0n) is 9.22. The fourth-order valence-electron chi connectivity index (χ4n) is 1.38. The smallest absolute Gasteiger partial charge is 0.390 e. The molecule has 0 amide bonds. The number of thiol groups is 1. The SMILES string of the molecule is Nc1ncc(C(F)(F)F)cc1C(O)C(O)CCS. The molecule has 2 unspecified atom stereocenters. The Hall–Kier alpha value is -0.990.